The van der Waals surface area contributed by atoms with Gasteiger partial charge in [0.25, 0.3) is 5.91 Å². The van der Waals surface area contributed by atoms with Crippen LogP contribution < -0.4 is 5.43 Å². The van der Waals surface area contributed by atoms with E-state index in [1.54, 1.807) is 30.3 Å². The second kappa shape index (κ2) is 6.67. The maximum absolute atomic E-state index is 11.8. The summed E-state index contributed by atoms with van der Waals surface area (Å²) in [6, 6.07) is 8.16. The second-order valence-electron chi connectivity index (χ2n) is 3.75. The van der Waals surface area contributed by atoms with E-state index >= 15 is 0 Å². The SMILES string of the molecule is O=C(NN=Cc1ccc(O)c(I)c1)c1cccnc1Cl. The molecule has 7 heteroatoms. The Balaban J connectivity index is 2.05. The van der Waals surface area contributed by atoms with Crippen LogP contribution in [0.1, 0.15) is 15.9 Å². The molecule has 2 N–H and O–H groups in total. The Kier molecular flexibility index (Phi) is 4.91. The number of hydrogen-bond donors (Lipinski definition) is 2. The van der Waals surface area contributed by atoms with Crippen molar-refractivity contribution in [2.75, 3.05) is 0 Å². The molecule has 2 rings (SSSR count). The van der Waals surface area contributed by atoms with Crippen molar-refractivity contribution in [1.29, 1.82) is 0 Å². The Morgan fingerprint density at radius 1 is 1.45 bits per heavy atom. The van der Waals surface area contributed by atoms with E-state index in [4.69, 9.17) is 11.6 Å². The van der Waals surface area contributed by atoms with Crippen molar-refractivity contribution in [2.45, 2.75) is 0 Å². The number of carbonyl (C=O) groups excluding carboxylic acids is 1. The zero-order valence-corrected chi connectivity index (χ0v) is 13.0. The lowest BCUT2D eigenvalue weighted by Gasteiger charge is -2.01. The quantitative estimate of drug-likeness (QED) is 0.359. The van der Waals surface area contributed by atoms with Gasteiger partial charge in [-0.05, 0) is 58.5 Å². The van der Waals surface area contributed by atoms with Crippen molar-refractivity contribution in [3.63, 3.8) is 0 Å². The molecule has 1 aromatic heterocycles. The third-order valence-electron chi connectivity index (χ3n) is 2.36. The number of amides is 1. The maximum Gasteiger partial charge on any atom is 0.274 e. The van der Waals surface area contributed by atoms with Gasteiger partial charge in [-0.2, -0.15) is 5.10 Å². The van der Waals surface area contributed by atoms with E-state index < -0.39 is 5.91 Å². The lowest BCUT2D eigenvalue weighted by atomic mass is 10.2. The van der Waals surface area contributed by atoms with Crippen molar-refractivity contribution < 1.29 is 9.90 Å². The molecular formula is C13H9ClIN3O2. The lowest BCUT2D eigenvalue weighted by Crippen LogP contribution is -2.18. The van der Waals surface area contributed by atoms with Crippen LogP contribution in [-0.2, 0) is 0 Å². The first kappa shape index (κ1) is 14.7. The van der Waals surface area contributed by atoms with Crippen molar-refractivity contribution >= 4 is 46.3 Å². The normalized spacial score (nSPS) is 10.7. The van der Waals surface area contributed by atoms with Crippen LogP contribution in [0.3, 0.4) is 0 Å². The summed E-state index contributed by atoms with van der Waals surface area (Å²) in [6.45, 7) is 0. The lowest BCUT2D eigenvalue weighted by molar-refractivity contribution is 0.0955. The Labute approximate surface area is 133 Å². The van der Waals surface area contributed by atoms with Crippen molar-refractivity contribution in [3.8, 4) is 5.75 Å². The van der Waals surface area contributed by atoms with Crippen LogP contribution in [0.25, 0.3) is 0 Å². The minimum Gasteiger partial charge on any atom is -0.507 e. The fraction of sp³-hybridized carbons (Fsp3) is 0. The van der Waals surface area contributed by atoms with E-state index in [-0.39, 0.29) is 16.5 Å². The molecule has 0 spiro atoms. The largest absolute Gasteiger partial charge is 0.507 e. The van der Waals surface area contributed by atoms with E-state index in [1.165, 1.54) is 12.4 Å². The first-order valence-corrected chi connectivity index (χ1v) is 6.96. The van der Waals surface area contributed by atoms with Gasteiger partial charge in [-0.25, -0.2) is 10.4 Å². The maximum atomic E-state index is 11.8. The third-order valence-corrected chi connectivity index (χ3v) is 3.52. The summed E-state index contributed by atoms with van der Waals surface area (Å²) in [6.07, 6.45) is 2.98. The van der Waals surface area contributed by atoms with E-state index in [2.05, 4.69) is 15.5 Å². The molecule has 1 amide bonds. The van der Waals surface area contributed by atoms with Crippen molar-refractivity contribution in [1.82, 2.24) is 10.4 Å². The van der Waals surface area contributed by atoms with Crippen LogP contribution in [0.4, 0.5) is 0 Å². The van der Waals surface area contributed by atoms with Gasteiger partial charge < -0.3 is 5.11 Å². The molecule has 0 aliphatic rings. The number of aromatic nitrogens is 1. The van der Waals surface area contributed by atoms with Gasteiger partial charge >= 0.3 is 0 Å². The molecule has 0 saturated heterocycles. The van der Waals surface area contributed by atoms with Gasteiger partial charge in [0, 0.05) is 6.20 Å². The number of nitrogens with one attached hydrogen (secondary N) is 1. The molecule has 0 aliphatic carbocycles. The molecule has 1 heterocycles. The van der Waals surface area contributed by atoms with Gasteiger partial charge in [0.1, 0.15) is 10.9 Å². The number of benzene rings is 1. The Morgan fingerprint density at radius 3 is 2.95 bits per heavy atom. The molecule has 0 unspecified atom stereocenters. The molecule has 102 valence electrons. The zero-order valence-electron chi connectivity index (χ0n) is 10.0. The number of phenols is 1. The van der Waals surface area contributed by atoms with E-state index in [0.29, 0.717) is 3.57 Å². The number of pyridine rings is 1. The molecule has 2 aromatic rings. The van der Waals surface area contributed by atoms with Gasteiger partial charge in [-0.3, -0.25) is 4.79 Å². The summed E-state index contributed by atoms with van der Waals surface area (Å²) in [4.78, 5) is 15.6. The summed E-state index contributed by atoms with van der Waals surface area (Å²) < 4.78 is 0.702. The van der Waals surface area contributed by atoms with E-state index in [1.807, 2.05) is 22.6 Å². The predicted molar refractivity (Wildman–Crippen MR) is 85.1 cm³/mol. The van der Waals surface area contributed by atoms with Gasteiger partial charge in [0.15, 0.2) is 0 Å². The van der Waals surface area contributed by atoms with Gasteiger partial charge in [-0.15, -0.1) is 0 Å². The smallest absolute Gasteiger partial charge is 0.274 e. The Hall–Kier alpha value is -1.67. The van der Waals surface area contributed by atoms with Gasteiger partial charge in [0.05, 0.1) is 15.3 Å². The van der Waals surface area contributed by atoms with Crippen LogP contribution in [0, 0.1) is 3.57 Å². The number of hydrogen-bond acceptors (Lipinski definition) is 4. The van der Waals surface area contributed by atoms with Crippen LogP contribution in [0.5, 0.6) is 5.75 Å². The molecule has 0 atom stereocenters. The third kappa shape index (κ3) is 3.67. The minimum absolute atomic E-state index is 0.124. The highest BCUT2D eigenvalue weighted by molar-refractivity contribution is 14.1. The first-order valence-electron chi connectivity index (χ1n) is 5.50. The summed E-state index contributed by atoms with van der Waals surface area (Å²) in [5.74, 6) is -0.234. The highest BCUT2D eigenvalue weighted by Gasteiger charge is 2.09. The predicted octanol–water partition coefficient (Wildman–Crippen LogP) is 2.81. The molecule has 20 heavy (non-hydrogen) atoms. The Bertz CT molecular complexity index is 676. The molecule has 5 nitrogen and oxygen atoms in total. The molecule has 1 aromatic carbocycles. The van der Waals surface area contributed by atoms with Crippen molar-refractivity contribution in [2.24, 2.45) is 5.10 Å². The highest BCUT2D eigenvalue weighted by atomic mass is 127. The van der Waals surface area contributed by atoms with Gasteiger partial charge in [-0.1, -0.05) is 11.6 Å². The highest BCUT2D eigenvalue weighted by Crippen LogP contribution is 2.19. The second-order valence-corrected chi connectivity index (χ2v) is 5.27. The fourth-order valence-corrected chi connectivity index (χ4v) is 2.13. The number of carbonyl (C=O) groups is 1. The standard InChI is InChI=1S/C13H9ClIN3O2/c14-12-9(2-1-5-16-12)13(20)18-17-7-8-3-4-11(19)10(15)6-8/h1-7,19H,(H,18,20). The number of nitrogens with zero attached hydrogens (tertiary/aromatic N) is 2. The average Bonchev–Trinajstić information content (AvgIpc) is 2.43. The summed E-state index contributed by atoms with van der Waals surface area (Å²) in [5.41, 5.74) is 3.37. The molecule has 0 aliphatic heterocycles. The molecule has 0 saturated carbocycles. The molecule has 0 fully saturated rings. The molecule has 0 radical (unpaired) electrons. The van der Waals surface area contributed by atoms with Crippen LogP contribution in [0.15, 0.2) is 41.6 Å². The number of aromatic hydroxyl groups is 1. The van der Waals surface area contributed by atoms with Crippen LogP contribution >= 0.6 is 34.2 Å². The topological polar surface area (TPSA) is 74.6 Å². The zero-order chi connectivity index (χ0) is 14.5. The number of hydrazone groups is 1. The molecular weight excluding hydrogens is 393 g/mol. The van der Waals surface area contributed by atoms with E-state index in [0.717, 1.165) is 5.56 Å². The fourth-order valence-electron chi connectivity index (χ4n) is 1.38. The van der Waals surface area contributed by atoms with E-state index in [9.17, 15) is 9.90 Å². The minimum atomic E-state index is -0.437. The number of phenolic OH excluding ortho intramolecular Hbond substituents is 1. The van der Waals surface area contributed by atoms with Crippen molar-refractivity contribution in [3.05, 3.63) is 56.4 Å². The first-order chi connectivity index (χ1) is 9.58. The number of halogens is 2. The van der Waals surface area contributed by atoms with Crippen LogP contribution in [0.2, 0.25) is 5.15 Å². The average molecular weight is 402 g/mol. The number of rotatable bonds is 3. The van der Waals surface area contributed by atoms with Gasteiger partial charge in [0.2, 0.25) is 0 Å². The summed E-state index contributed by atoms with van der Waals surface area (Å²) in [5, 5.41) is 13.4. The van der Waals surface area contributed by atoms with Crippen LogP contribution in [-0.4, -0.2) is 22.2 Å². The summed E-state index contributed by atoms with van der Waals surface area (Å²) in [7, 11) is 0. The monoisotopic (exact) mass is 401 g/mol. The molecule has 0 bridgehead atoms. The summed E-state index contributed by atoms with van der Waals surface area (Å²) >= 11 is 7.80. The Morgan fingerprint density at radius 2 is 2.25 bits per heavy atom.